The molecular weight excluding hydrogens is 352 g/mol. The summed E-state index contributed by atoms with van der Waals surface area (Å²) in [6.07, 6.45) is 1.49. The maximum atomic E-state index is 12.2. The molecule has 0 aliphatic heterocycles. The Morgan fingerprint density at radius 1 is 1.23 bits per heavy atom. The van der Waals surface area contributed by atoms with E-state index >= 15 is 0 Å². The van der Waals surface area contributed by atoms with Crippen molar-refractivity contribution in [3.05, 3.63) is 76.6 Å². The lowest BCUT2D eigenvalue weighted by Gasteiger charge is -2.03. The zero-order chi connectivity index (χ0) is 18.5. The van der Waals surface area contributed by atoms with Gasteiger partial charge in [-0.2, -0.15) is 10.2 Å². The summed E-state index contributed by atoms with van der Waals surface area (Å²) in [6, 6.07) is 16.4. The molecule has 0 bridgehead atoms. The number of nitrogens with zero attached hydrogens (tertiary/aromatic N) is 3. The van der Waals surface area contributed by atoms with Crippen molar-refractivity contribution in [3.63, 3.8) is 0 Å². The van der Waals surface area contributed by atoms with E-state index in [9.17, 15) is 4.79 Å². The normalized spacial score (nSPS) is 10.9. The Balaban J connectivity index is 1.76. The molecule has 0 radical (unpaired) electrons. The van der Waals surface area contributed by atoms with Crippen LogP contribution in [0.1, 0.15) is 21.6 Å². The van der Waals surface area contributed by atoms with E-state index in [1.807, 2.05) is 37.3 Å². The molecule has 0 aliphatic rings. The maximum absolute atomic E-state index is 12.2. The van der Waals surface area contributed by atoms with E-state index in [1.54, 1.807) is 36.1 Å². The second-order valence-corrected chi connectivity index (χ2v) is 5.83. The van der Waals surface area contributed by atoms with Crippen molar-refractivity contribution in [1.82, 2.24) is 15.2 Å². The molecule has 26 heavy (non-hydrogen) atoms. The van der Waals surface area contributed by atoms with Gasteiger partial charge < -0.3 is 4.74 Å². The predicted molar refractivity (Wildman–Crippen MR) is 101 cm³/mol. The van der Waals surface area contributed by atoms with Gasteiger partial charge in [0.25, 0.3) is 5.91 Å². The standard InChI is InChI=1S/C19H17ClN4O2/c1-13-17(18(20)24(23-13)15-8-4-3-5-9-15)12-21-22-19(25)14-7-6-10-16(11-14)26-2/h3-12H,1-2H3,(H,22,25)/b21-12+. The minimum Gasteiger partial charge on any atom is -0.497 e. The number of rotatable bonds is 5. The van der Waals surface area contributed by atoms with Crippen LogP contribution in [0.25, 0.3) is 5.69 Å². The second kappa shape index (κ2) is 7.84. The van der Waals surface area contributed by atoms with Crippen LogP contribution in [-0.2, 0) is 0 Å². The zero-order valence-electron chi connectivity index (χ0n) is 14.3. The number of benzene rings is 2. The number of halogens is 1. The Morgan fingerprint density at radius 3 is 2.73 bits per heavy atom. The number of aromatic nitrogens is 2. The van der Waals surface area contributed by atoms with E-state index in [1.165, 1.54) is 6.21 Å². The van der Waals surface area contributed by atoms with Crippen molar-refractivity contribution >= 4 is 23.7 Å². The molecule has 0 unspecified atom stereocenters. The highest BCUT2D eigenvalue weighted by molar-refractivity contribution is 6.32. The summed E-state index contributed by atoms with van der Waals surface area (Å²) in [6.45, 7) is 1.83. The van der Waals surface area contributed by atoms with E-state index in [0.29, 0.717) is 27.7 Å². The molecule has 7 heteroatoms. The fourth-order valence-corrected chi connectivity index (χ4v) is 2.70. The quantitative estimate of drug-likeness (QED) is 0.552. The first-order valence-corrected chi connectivity index (χ1v) is 8.26. The van der Waals surface area contributed by atoms with Crippen LogP contribution in [0.3, 0.4) is 0 Å². The van der Waals surface area contributed by atoms with Gasteiger partial charge in [-0.05, 0) is 37.3 Å². The summed E-state index contributed by atoms with van der Waals surface area (Å²) in [5.74, 6) is 0.258. The van der Waals surface area contributed by atoms with E-state index in [2.05, 4.69) is 15.6 Å². The monoisotopic (exact) mass is 368 g/mol. The van der Waals surface area contributed by atoms with Gasteiger partial charge in [0.15, 0.2) is 0 Å². The minimum absolute atomic E-state index is 0.343. The number of hydrazone groups is 1. The number of hydrogen-bond acceptors (Lipinski definition) is 4. The average Bonchev–Trinajstić information content (AvgIpc) is 2.96. The van der Waals surface area contributed by atoms with Gasteiger partial charge in [0.2, 0.25) is 0 Å². The number of methoxy groups -OCH3 is 1. The number of carbonyl (C=O) groups is 1. The number of hydrogen-bond donors (Lipinski definition) is 1. The summed E-state index contributed by atoms with van der Waals surface area (Å²) in [5, 5.41) is 8.85. The van der Waals surface area contributed by atoms with Gasteiger partial charge in [0.05, 0.1) is 30.3 Å². The van der Waals surface area contributed by atoms with Crippen LogP contribution in [0.2, 0.25) is 5.15 Å². The SMILES string of the molecule is COc1cccc(C(=O)N/N=C/c2c(C)nn(-c3ccccc3)c2Cl)c1. The van der Waals surface area contributed by atoms with Gasteiger partial charge in [-0.25, -0.2) is 10.1 Å². The largest absolute Gasteiger partial charge is 0.497 e. The Kier molecular flexibility index (Phi) is 5.34. The molecule has 3 rings (SSSR count). The lowest BCUT2D eigenvalue weighted by atomic mass is 10.2. The van der Waals surface area contributed by atoms with Crippen LogP contribution in [0.15, 0.2) is 59.7 Å². The lowest BCUT2D eigenvalue weighted by Crippen LogP contribution is -2.17. The molecule has 6 nitrogen and oxygen atoms in total. The summed E-state index contributed by atoms with van der Waals surface area (Å²) in [5.41, 5.74) is 5.12. The Hall–Kier alpha value is -3.12. The fourth-order valence-electron chi connectivity index (χ4n) is 2.38. The molecule has 2 aromatic carbocycles. The first-order valence-electron chi connectivity index (χ1n) is 7.88. The highest BCUT2D eigenvalue weighted by Crippen LogP contribution is 2.21. The maximum Gasteiger partial charge on any atom is 0.271 e. The summed E-state index contributed by atoms with van der Waals surface area (Å²) < 4.78 is 6.74. The molecule has 0 fully saturated rings. The Morgan fingerprint density at radius 2 is 2.00 bits per heavy atom. The molecule has 0 saturated carbocycles. The van der Waals surface area contributed by atoms with Gasteiger partial charge in [0, 0.05) is 5.56 Å². The van der Waals surface area contributed by atoms with E-state index in [-0.39, 0.29) is 5.91 Å². The number of amides is 1. The van der Waals surface area contributed by atoms with Crippen molar-refractivity contribution in [3.8, 4) is 11.4 Å². The minimum atomic E-state index is -0.343. The molecule has 1 heterocycles. The Labute approximate surface area is 156 Å². The second-order valence-electron chi connectivity index (χ2n) is 5.47. The number of ether oxygens (including phenoxy) is 1. The summed E-state index contributed by atoms with van der Waals surface area (Å²) in [4.78, 5) is 12.2. The molecule has 0 spiro atoms. The van der Waals surface area contributed by atoms with E-state index in [0.717, 1.165) is 5.69 Å². The predicted octanol–water partition coefficient (Wildman–Crippen LogP) is 3.61. The fraction of sp³-hybridized carbons (Fsp3) is 0.105. The third-order valence-electron chi connectivity index (χ3n) is 3.74. The first kappa shape index (κ1) is 17.7. The van der Waals surface area contributed by atoms with Gasteiger partial charge in [-0.3, -0.25) is 4.79 Å². The first-order chi connectivity index (χ1) is 12.6. The smallest absolute Gasteiger partial charge is 0.271 e. The van der Waals surface area contributed by atoms with Gasteiger partial charge in [-0.1, -0.05) is 35.9 Å². The topological polar surface area (TPSA) is 68.5 Å². The van der Waals surface area contributed by atoms with Crippen LogP contribution in [0, 0.1) is 6.92 Å². The van der Waals surface area contributed by atoms with Gasteiger partial charge in [0.1, 0.15) is 10.9 Å². The third kappa shape index (κ3) is 3.75. The average molecular weight is 369 g/mol. The van der Waals surface area contributed by atoms with E-state index < -0.39 is 0 Å². The number of carbonyl (C=O) groups excluding carboxylic acids is 1. The van der Waals surface area contributed by atoms with Gasteiger partial charge >= 0.3 is 0 Å². The third-order valence-corrected chi connectivity index (χ3v) is 4.10. The summed E-state index contributed by atoms with van der Waals surface area (Å²) >= 11 is 6.42. The molecule has 3 aromatic rings. The van der Waals surface area contributed by atoms with Crippen molar-refractivity contribution in [2.24, 2.45) is 5.10 Å². The summed E-state index contributed by atoms with van der Waals surface area (Å²) in [7, 11) is 1.55. The van der Waals surface area contributed by atoms with E-state index in [4.69, 9.17) is 16.3 Å². The van der Waals surface area contributed by atoms with Gasteiger partial charge in [-0.15, -0.1) is 0 Å². The molecule has 0 aliphatic carbocycles. The molecular formula is C19H17ClN4O2. The molecule has 0 saturated heterocycles. The van der Waals surface area contributed by atoms with Crippen molar-refractivity contribution < 1.29 is 9.53 Å². The lowest BCUT2D eigenvalue weighted by molar-refractivity contribution is 0.0955. The highest BCUT2D eigenvalue weighted by atomic mass is 35.5. The molecule has 1 aromatic heterocycles. The number of para-hydroxylation sites is 1. The number of nitrogens with one attached hydrogen (secondary N) is 1. The van der Waals surface area contributed by atoms with Crippen LogP contribution in [0.4, 0.5) is 0 Å². The van der Waals surface area contributed by atoms with Crippen LogP contribution >= 0.6 is 11.6 Å². The van der Waals surface area contributed by atoms with Crippen LogP contribution in [-0.4, -0.2) is 29.0 Å². The van der Waals surface area contributed by atoms with Crippen molar-refractivity contribution in [2.75, 3.05) is 7.11 Å². The molecule has 1 amide bonds. The molecule has 1 N–H and O–H groups in total. The number of aryl methyl sites for hydroxylation is 1. The highest BCUT2D eigenvalue weighted by Gasteiger charge is 2.13. The van der Waals surface area contributed by atoms with Crippen LogP contribution < -0.4 is 10.2 Å². The molecule has 132 valence electrons. The zero-order valence-corrected chi connectivity index (χ0v) is 15.1. The molecule has 0 atom stereocenters. The Bertz CT molecular complexity index is 951. The van der Waals surface area contributed by atoms with Crippen molar-refractivity contribution in [1.29, 1.82) is 0 Å². The van der Waals surface area contributed by atoms with Crippen LogP contribution in [0.5, 0.6) is 5.75 Å². The van der Waals surface area contributed by atoms with Crippen molar-refractivity contribution in [2.45, 2.75) is 6.92 Å².